The summed E-state index contributed by atoms with van der Waals surface area (Å²) in [4.78, 5) is 35.2. The summed E-state index contributed by atoms with van der Waals surface area (Å²) in [7, 11) is 1.53. The number of carboxylic acids is 1. The summed E-state index contributed by atoms with van der Waals surface area (Å²) in [6.45, 7) is 7.38. The van der Waals surface area contributed by atoms with E-state index in [1.807, 2.05) is 20.8 Å². The lowest BCUT2D eigenvalue weighted by molar-refractivity contribution is -0.143. The lowest BCUT2D eigenvalue weighted by Crippen LogP contribution is -2.41. The van der Waals surface area contributed by atoms with Gasteiger partial charge in [0.05, 0.1) is 12.5 Å². The third-order valence-corrected chi connectivity index (χ3v) is 2.52. The number of carbonyl (C=O) groups is 3. The van der Waals surface area contributed by atoms with Crippen molar-refractivity contribution in [3.05, 3.63) is 0 Å². The first kappa shape index (κ1) is 17.4. The topological polar surface area (TPSA) is 86.7 Å². The molecule has 2 amide bonds. The van der Waals surface area contributed by atoms with Crippen LogP contribution in [0.3, 0.4) is 0 Å². The van der Waals surface area contributed by atoms with Gasteiger partial charge >= 0.3 is 5.97 Å². The van der Waals surface area contributed by atoms with Crippen LogP contribution in [-0.2, 0) is 14.4 Å². The van der Waals surface area contributed by atoms with Crippen LogP contribution in [0.15, 0.2) is 0 Å². The van der Waals surface area contributed by atoms with Crippen LogP contribution in [0.25, 0.3) is 0 Å². The fraction of sp³-hybridized carbons (Fsp3) is 0.769. The molecule has 0 bridgehead atoms. The zero-order valence-electron chi connectivity index (χ0n) is 12.3. The number of rotatable bonds is 6. The number of carbonyl (C=O) groups excluding carboxylic acids is 2. The fourth-order valence-corrected chi connectivity index (χ4v) is 1.44. The van der Waals surface area contributed by atoms with Crippen LogP contribution in [0.4, 0.5) is 0 Å². The smallest absolute Gasteiger partial charge is 0.308 e. The molecule has 1 unspecified atom stereocenters. The predicted octanol–water partition coefficient (Wildman–Crippen LogP) is 0.718. The summed E-state index contributed by atoms with van der Waals surface area (Å²) < 4.78 is 0. The van der Waals surface area contributed by atoms with Crippen LogP contribution in [0.5, 0.6) is 0 Å². The van der Waals surface area contributed by atoms with Gasteiger partial charge in [0.1, 0.15) is 0 Å². The SMILES string of the molecule is CC(CN(C)C(=O)CNC(=O)CC(C)(C)C)C(=O)O. The Labute approximate surface area is 114 Å². The second-order valence-electron chi connectivity index (χ2n) is 6.03. The van der Waals surface area contributed by atoms with E-state index >= 15 is 0 Å². The highest BCUT2D eigenvalue weighted by atomic mass is 16.4. The Morgan fingerprint density at radius 2 is 1.79 bits per heavy atom. The molecule has 6 heteroatoms. The Bertz CT molecular complexity index is 347. The highest BCUT2D eigenvalue weighted by molar-refractivity contribution is 5.85. The van der Waals surface area contributed by atoms with Crippen molar-refractivity contribution < 1.29 is 19.5 Å². The van der Waals surface area contributed by atoms with Gasteiger partial charge in [-0.05, 0) is 5.41 Å². The summed E-state index contributed by atoms with van der Waals surface area (Å²) in [5.41, 5.74) is -0.128. The van der Waals surface area contributed by atoms with E-state index in [2.05, 4.69) is 5.32 Å². The zero-order valence-corrected chi connectivity index (χ0v) is 12.3. The first-order valence-electron chi connectivity index (χ1n) is 6.26. The van der Waals surface area contributed by atoms with Gasteiger partial charge < -0.3 is 15.3 Å². The molecular formula is C13H24N2O4. The maximum atomic E-state index is 11.7. The van der Waals surface area contributed by atoms with Gasteiger partial charge in [0.2, 0.25) is 11.8 Å². The highest BCUT2D eigenvalue weighted by Gasteiger charge is 2.19. The van der Waals surface area contributed by atoms with Crippen LogP contribution in [-0.4, -0.2) is 47.9 Å². The Morgan fingerprint density at radius 3 is 2.21 bits per heavy atom. The van der Waals surface area contributed by atoms with E-state index in [9.17, 15) is 14.4 Å². The molecule has 0 spiro atoms. The lowest BCUT2D eigenvalue weighted by Gasteiger charge is -2.21. The van der Waals surface area contributed by atoms with Gasteiger partial charge in [-0.1, -0.05) is 27.7 Å². The van der Waals surface area contributed by atoms with Gasteiger partial charge in [0.25, 0.3) is 0 Å². The molecule has 0 aliphatic carbocycles. The number of carboxylic acid groups (broad SMARTS) is 1. The second-order valence-corrected chi connectivity index (χ2v) is 6.03. The van der Waals surface area contributed by atoms with Crippen molar-refractivity contribution >= 4 is 17.8 Å². The molecule has 0 fully saturated rings. The van der Waals surface area contributed by atoms with E-state index < -0.39 is 11.9 Å². The van der Waals surface area contributed by atoms with Crippen molar-refractivity contribution in [3.8, 4) is 0 Å². The Balaban J connectivity index is 4.11. The number of aliphatic carboxylic acids is 1. The Kier molecular flexibility index (Phi) is 6.52. The van der Waals surface area contributed by atoms with Crippen molar-refractivity contribution in [2.24, 2.45) is 11.3 Å². The number of nitrogens with one attached hydrogen (secondary N) is 1. The van der Waals surface area contributed by atoms with E-state index in [1.165, 1.54) is 18.9 Å². The van der Waals surface area contributed by atoms with E-state index in [1.54, 1.807) is 0 Å². The molecule has 0 radical (unpaired) electrons. The first-order chi connectivity index (χ1) is 8.53. The van der Waals surface area contributed by atoms with Crippen molar-refractivity contribution in [1.82, 2.24) is 10.2 Å². The molecule has 0 heterocycles. The van der Waals surface area contributed by atoms with Crippen LogP contribution >= 0.6 is 0 Å². The van der Waals surface area contributed by atoms with Gasteiger partial charge in [0, 0.05) is 20.0 Å². The molecule has 6 nitrogen and oxygen atoms in total. The molecule has 0 aliphatic heterocycles. The predicted molar refractivity (Wildman–Crippen MR) is 71.5 cm³/mol. The number of hydrogen-bond acceptors (Lipinski definition) is 3. The van der Waals surface area contributed by atoms with E-state index in [-0.39, 0.29) is 30.3 Å². The standard InChI is InChI=1S/C13H24N2O4/c1-9(12(18)19)8-15(5)11(17)7-14-10(16)6-13(2,3)4/h9H,6-8H2,1-5H3,(H,14,16)(H,18,19). The Morgan fingerprint density at radius 1 is 1.26 bits per heavy atom. The van der Waals surface area contributed by atoms with Crippen LogP contribution in [0.1, 0.15) is 34.1 Å². The van der Waals surface area contributed by atoms with Crippen molar-refractivity contribution in [2.75, 3.05) is 20.1 Å². The minimum absolute atomic E-state index is 0.0995. The number of hydrogen-bond donors (Lipinski definition) is 2. The maximum absolute atomic E-state index is 11.7. The summed E-state index contributed by atoms with van der Waals surface area (Å²) in [5, 5.41) is 11.3. The van der Waals surface area contributed by atoms with Crippen LogP contribution in [0, 0.1) is 11.3 Å². The normalized spacial score (nSPS) is 12.7. The summed E-state index contributed by atoms with van der Waals surface area (Å²) >= 11 is 0. The van der Waals surface area contributed by atoms with Crippen molar-refractivity contribution in [2.45, 2.75) is 34.1 Å². The molecule has 0 aromatic carbocycles. The minimum atomic E-state index is -0.948. The summed E-state index contributed by atoms with van der Waals surface area (Å²) in [6, 6.07) is 0. The quantitative estimate of drug-likeness (QED) is 0.746. The first-order valence-corrected chi connectivity index (χ1v) is 6.26. The monoisotopic (exact) mass is 272 g/mol. The molecule has 0 saturated carbocycles. The molecule has 0 aromatic heterocycles. The van der Waals surface area contributed by atoms with E-state index in [4.69, 9.17) is 5.11 Å². The third kappa shape index (κ3) is 8.18. The third-order valence-electron chi connectivity index (χ3n) is 2.52. The molecule has 0 saturated heterocycles. The zero-order chi connectivity index (χ0) is 15.2. The molecule has 0 aliphatic rings. The number of likely N-dealkylation sites (N-methyl/N-ethyl adjacent to an activating group) is 1. The van der Waals surface area contributed by atoms with Gasteiger partial charge in [-0.2, -0.15) is 0 Å². The maximum Gasteiger partial charge on any atom is 0.308 e. The van der Waals surface area contributed by atoms with Crippen molar-refractivity contribution in [3.63, 3.8) is 0 Å². The molecule has 1 atom stereocenters. The lowest BCUT2D eigenvalue weighted by atomic mass is 9.92. The molecular weight excluding hydrogens is 248 g/mol. The molecule has 2 N–H and O–H groups in total. The Hall–Kier alpha value is -1.59. The van der Waals surface area contributed by atoms with Crippen molar-refractivity contribution in [1.29, 1.82) is 0 Å². The average Bonchev–Trinajstić information content (AvgIpc) is 2.23. The van der Waals surface area contributed by atoms with Gasteiger partial charge in [-0.25, -0.2) is 0 Å². The van der Waals surface area contributed by atoms with E-state index in [0.29, 0.717) is 6.42 Å². The minimum Gasteiger partial charge on any atom is -0.481 e. The summed E-state index contributed by atoms with van der Waals surface area (Å²) in [6.07, 6.45) is 0.343. The van der Waals surface area contributed by atoms with Crippen LogP contribution in [0.2, 0.25) is 0 Å². The summed E-state index contributed by atoms with van der Waals surface area (Å²) in [5.74, 6) is -2.05. The van der Waals surface area contributed by atoms with Crippen LogP contribution < -0.4 is 5.32 Å². The molecule has 0 aromatic rings. The fourth-order valence-electron chi connectivity index (χ4n) is 1.44. The average molecular weight is 272 g/mol. The number of nitrogens with zero attached hydrogens (tertiary/aromatic N) is 1. The second kappa shape index (κ2) is 7.11. The van der Waals surface area contributed by atoms with Gasteiger partial charge in [-0.3, -0.25) is 14.4 Å². The largest absolute Gasteiger partial charge is 0.481 e. The molecule has 0 rings (SSSR count). The van der Waals surface area contributed by atoms with E-state index in [0.717, 1.165) is 0 Å². The molecule has 110 valence electrons. The highest BCUT2D eigenvalue weighted by Crippen LogP contribution is 2.17. The molecule has 19 heavy (non-hydrogen) atoms. The number of amides is 2. The van der Waals surface area contributed by atoms with Gasteiger partial charge in [0.15, 0.2) is 0 Å². The van der Waals surface area contributed by atoms with Gasteiger partial charge in [-0.15, -0.1) is 0 Å².